The molecule has 54 heavy (non-hydrogen) atoms. The Hall–Kier alpha value is -4.42. The molecule has 0 heterocycles. The molecule has 0 heteroatoms. The quantitative estimate of drug-likeness (QED) is 0.112. The Labute approximate surface area is 326 Å². The van der Waals surface area contributed by atoms with Crippen molar-refractivity contribution in [1.82, 2.24) is 0 Å². The summed E-state index contributed by atoms with van der Waals surface area (Å²) in [4.78, 5) is 0. The van der Waals surface area contributed by atoms with Gasteiger partial charge in [-0.05, 0) is 160 Å². The number of aryl methyl sites for hydroxylation is 5. The standard InChI is InChI=1S/C54H60/c1-8-12-15-38(11-4)29-43-32-42(33-48-37(7)26-36(6)27-49(43)48)41-21-25-47-44-22-18-35(5)28-50(44)54(53(47)34-41)51-30-39(16-13-9-2)19-23-45(51)46-24-20-40(17-14-10-3)31-52(46)54/h18-28,30-34,38H,8-17,29H2,1-7H3. The highest BCUT2D eigenvalue weighted by atomic mass is 14.5. The van der Waals surface area contributed by atoms with Gasteiger partial charge in [-0.15, -0.1) is 0 Å². The van der Waals surface area contributed by atoms with Crippen LogP contribution in [0.15, 0.2) is 97.1 Å². The zero-order chi connectivity index (χ0) is 37.6. The van der Waals surface area contributed by atoms with Crippen molar-refractivity contribution in [2.45, 2.75) is 125 Å². The van der Waals surface area contributed by atoms with Gasteiger partial charge in [0.25, 0.3) is 0 Å². The highest BCUT2D eigenvalue weighted by Crippen LogP contribution is 2.63. The summed E-state index contributed by atoms with van der Waals surface area (Å²) in [6.07, 6.45) is 13.4. The second-order valence-electron chi connectivity index (χ2n) is 17.0. The number of rotatable bonds is 13. The van der Waals surface area contributed by atoms with Gasteiger partial charge in [-0.1, -0.05) is 162 Å². The van der Waals surface area contributed by atoms with E-state index in [2.05, 4.69) is 146 Å². The van der Waals surface area contributed by atoms with E-state index in [1.54, 1.807) is 0 Å². The van der Waals surface area contributed by atoms with Crippen LogP contribution in [0.2, 0.25) is 0 Å². The van der Waals surface area contributed by atoms with Crippen molar-refractivity contribution < 1.29 is 0 Å². The highest BCUT2D eigenvalue weighted by Gasteiger charge is 2.52. The molecule has 276 valence electrons. The summed E-state index contributed by atoms with van der Waals surface area (Å²) in [5.74, 6) is 0.709. The summed E-state index contributed by atoms with van der Waals surface area (Å²) in [6, 6.07) is 39.6. The van der Waals surface area contributed by atoms with Gasteiger partial charge in [-0.3, -0.25) is 0 Å². The second kappa shape index (κ2) is 15.0. The van der Waals surface area contributed by atoms with E-state index in [4.69, 9.17) is 0 Å². The summed E-state index contributed by atoms with van der Waals surface area (Å²) >= 11 is 0. The van der Waals surface area contributed by atoms with Crippen LogP contribution in [0, 0.1) is 26.7 Å². The second-order valence-corrected chi connectivity index (χ2v) is 17.0. The van der Waals surface area contributed by atoms with Crippen molar-refractivity contribution in [3.63, 3.8) is 0 Å². The third-order valence-electron chi connectivity index (χ3n) is 13.1. The fraction of sp³-hybridized carbons (Fsp3) is 0.370. The Morgan fingerprint density at radius 1 is 0.481 bits per heavy atom. The molecule has 0 amide bonds. The first-order chi connectivity index (χ1) is 26.3. The van der Waals surface area contributed by atoms with Crippen molar-refractivity contribution in [3.8, 4) is 33.4 Å². The lowest BCUT2D eigenvalue weighted by Gasteiger charge is -2.31. The fourth-order valence-corrected chi connectivity index (χ4v) is 10.2. The first-order valence-corrected chi connectivity index (χ1v) is 21.4. The minimum atomic E-state index is -0.345. The van der Waals surface area contributed by atoms with Gasteiger partial charge >= 0.3 is 0 Å². The number of fused-ring (bicyclic) bond motifs is 11. The van der Waals surface area contributed by atoms with Crippen molar-refractivity contribution in [2.24, 2.45) is 5.92 Å². The Bertz CT molecular complexity index is 2290. The Balaban J connectivity index is 1.39. The third-order valence-corrected chi connectivity index (χ3v) is 13.1. The maximum atomic E-state index is 2.61. The van der Waals surface area contributed by atoms with E-state index >= 15 is 0 Å². The predicted molar refractivity (Wildman–Crippen MR) is 234 cm³/mol. The maximum absolute atomic E-state index is 2.61. The lowest BCUT2D eigenvalue weighted by Crippen LogP contribution is -2.26. The minimum absolute atomic E-state index is 0.345. The topological polar surface area (TPSA) is 0 Å². The fourth-order valence-electron chi connectivity index (χ4n) is 10.2. The summed E-state index contributed by atoms with van der Waals surface area (Å²) in [6.45, 7) is 16.2. The summed E-state index contributed by atoms with van der Waals surface area (Å²) in [7, 11) is 0. The van der Waals surface area contributed by atoms with Gasteiger partial charge in [0.05, 0.1) is 5.41 Å². The molecule has 0 fully saturated rings. The van der Waals surface area contributed by atoms with Gasteiger partial charge in [0.15, 0.2) is 0 Å². The summed E-state index contributed by atoms with van der Waals surface area (Å²) < 4.78 is 0. The van der Waals surface area contributed by atoms with Crippen LogP contribution < -0.4 is 0 Å². The molecule has 2 aliphatic carbocycles. The zero-order valence-electron chi connectivity index (χ0n) is 34.1. The number of hydrogen-bond donors (Lipinski definition) is 0. The van der Waals surface area contributed by atoms with E-state index in [0.717, 1.165) is 19.3 Å². The molecule has 6 aromatic carbocycles. The molecule has 0 aromatic heterocycles. The third kappa shape index (κ3) is 6.15. The highest BCUT2D eigenvalue weighted by molar-refractivity contribution is 5.98. The van der Waals surface area contributed by atoms with Crippen LogP contribution in [0.1, 0.15) is 135 Å². The smallest absolute Gasteiger partial charge is 0.0654 e. The Morgan fingerprint density at radius 2 is 1.06 bits per heavy atom. The van der Waals surface area contributed by atoms with E-state index in [-0.39, 0.29) is 5.41 Å². The molecule has 0 N–H and O–H groups in total. The molecule has 0 aliphatic heterocycles. The molecule has 0 bridgehead atoms. The lowest BCUT2D eigenvalue weighted by molar-refractivity contribution is 0.450. The molecular formula is C54H60. The van der Waals surface area contributed by atoms with Crippen LogP contribution in [0.4, 0.5) is 0 Å². The minimum Gasteiger partial charge on any atom is -0.0654 e. The van der Waals surface area contributed by atoms with Gasteiger partial charge in [0.2, 0.25) is 0 Å². The zero-order valence-corrected chi connectivity index (χ0v) is 34.1. The largest absolute Gasteiger partial charge is 0.0726 e. The van der Waals surface area contributed by atoms with Crippen molar-refractivity contribution >= 4 is 10.8 Å². The Kier molecular flexibility index (Phi) is 10.2. The first kappa shape index (κ1) is 36.6. The van der Waals surface area contributed by atoms with E-state index < -0.39 is 0 Å². The summed E-state index contributed by atoms with van der Waals surface area (Å²) in [5.41, 5.74) is 22.4. The first-order valence-electron chi connectivity index (χ1n) is 21.4. The van der Waals surface area contributed by atoms with Crippen LogP contribution >= 0.6 is 0 Å². The average molecular weight is 709 g/mol. The normalized spacial score (nSPS) is 14.0. The van der Waals surface area contributed by atoms with Crippen LogP contribution in [-0.4, -0.2) is 0 Å². The van der Waals surface area contributed by atoms with Crippen molar-refractivity contribution in [2.75, 3.05) is 0 Å². The van der Waals surface area contributed by atoms with Crippen molar-refractivity contribution in [1.29, 1.82) is 0 Å². The maximum Gasteiger partial charge on any atom is 0.0726 e. The molecule has 6 aromatic rings. The Morgan fingerprint density at radius 3 is 1.67 bits per heavy atom. The van der Waals surface area contributed by atoms with Gasteiger partial charge in [0.1, 0.15) is 0 Å². The molecule has 2 aliphatic rings. The van der Waals surface area contributed by atoms with Gasteiger partial charge in [-0.2, -0.15) is 0 Å². The van der Waals surface area contributed by atoms with Crippen LogP contribution in [0.3, 0.4) is 0 Å². The monoisotopic (exact) mass is 708 g/mol. The van der Waals surface area contributed by atoms with Crippen LogP contribution in [-0.2, 0) is 24.7 Å². The van der Waals surface area contributed by atoms with E-state index in [9.17, 15) is 0 Å². The molecule has 0 radical (unpaired) electrons. The SMILES string of the molecule is CCCCc1ccc2c(c1)C1(c3cc(C)ccc3-c3ccc(-c4cc(CC(CC)CCCC)c5cc(C)cc(C)c5c4)cc31)c1cc(CCCC)ccc1-2. The average Bonchev–Trinajstić information content (AvgIpc) is 3.63. The molecule has 0 nitrogen and oxygen atoms in total. The molecular weight excluding hydrogens is 649 g/mol. The number of unbranched alkanes of at least 4 members (excludes halogenated alkanes) is 3. The van der Waals surface area contributed by atoms with Gasteiger partial charge < -0.3 is 0 Å². The number of hydrogen-bond acceptors (Lipinski definition) is 0. The van der Waals surface area contributed by atoms with Crippen LogP contribution in [0.25, 0.3) is 44.2 Å². The van der Waals surface area contributed by atoms with Crippen molar-refractivity contribution in [3.05, 3.63) is 153 Å². The predicted octanol–water partition coefficient (Wildman–Crippen LogP) is 15.2. The molecule has 8 rings (SSSR count). The lowest BCUT2D eigenvalue weighted by atomic mass is 9.69. The van der Waals surface area contributed by atoms with E-state index in [1.165, 1.54) is 151 Å². The van der Waals surface area contributed by atoms with Crippen LogP contribution in [0.5, 0.6) is 0 Å². The number of benzene rings is 6. The van der Waals surface area contributed by atoms with Gasteiger partial charge in [-0.25, -0.2) is 0 Å². The molecule has 0 saturated carbocycles. The van der Waals surface area contributed by atoms with E-state index in [0.29, 0.717) is 5.92 Å². The summed E-state index contributed by atoms with van der Waals surface area (Å²) in [5, 5.41) is 2.86. The van der Waals surface area contributed by atoms with Gasteiger partial charge in [0, 0.05) is 0 Å². The molecule has 1 atom stereocenters. The van der Waals surface area contributed by atoms with E-state index in [1.807, 2.05) is 0 Å². The molecule has 0 saturated heterocycles. The molecule has 1 spiro atoms. The molecule has 1 unspecified atom stereocenters.